The van der Waals surface area contributed by atoms with Gasteiger partial charge in [-0.3, -0.25) is 9.69 Å². The Morgan fingerprint density at radius 1 is 1.03 bits per heavy atom. The van der Waals surface area contributed by atoms with E-state index in [0.717, 1.165) is 67.1 Å². The van der Waals surface area contributed by atoms with Crippen LogP contribution in [0.4, 0.5) is 0 Å². The van der Waals surface area contributed by atoms with Gasteiger partial charge in [-0.15, -0.1) is 11.3 Å². The molecule has 2 heterocycles. The van der Waals surface area contributed by atoms with Crippen LogP contribution in [0.1, 0.15) is 65.2 Å². The first-order valence-electron chi connectivity index (χ1n) is 12.5. The zero-order valence-electron chi connectivity index (χ0n) is 19.6. The van der Waals surface area contributed by atoms with E-state index in [4.69, 9.17) is 9.47 Å². The SMILES string of the molecule is O=C(c1ccc(OCCN2CCOCC2)cc1)c1c(C2CCCCCC2)sc2cc(O)ccc12. The first-order chi connectivity index (χ1) is 16.7. The molecule has 1 aliphatic heterocycles. The van der Waals surface area contributed by atoms with E-state index >= 15 is 0 Å². The fraction of sp³-hybridized carbons (Fsp3) is 0.464. The lowest BCUT2D eigenvalue weighted by Crippen LogP contribution is -2.38. The minimum atomic E-state index is 0.0658. The third-order valence-electron chi connectivity index (χ3n) is 7.05. The highest BCUT2D eigenvalue weighted by Gasteiger charge is 2.26. The summed E-state index contributed by atoms with van der Waals surface area (Å²) in [5.41, 5.74) is 1.51. The van der Waals surface area contributed by atoms with Crippen LogP contribution in [-0.2, 0) is 4.74 Å². The molecule has 0 bridgehead atoms. The lowest BCUT2D eigenvalue weighted by molar-refractivity contribution is 0.0322. The van der Waals surface area contributed by atoms with Crippen LogP contribution in [0.25, 0.3) is 10.1 Å². The quantitative estimate of drug-likeness (QED) is 0.333. The topological polar surface area (TPSA) is 59.0 Å². The van der Waals surface area contributed by atoms with Crippen molar-refractivity contribution in [2.45, 2.75) is 44.4 Å². The Morgan fingerprint density at radius 2 is 1.76 bits per heavy atom. The number of thiophene rings is 1. The van der Waals surface area contributed by atoms with Crippen molar-refractivity contribution in [1.29, 1.82) is 0 Å². The van der Waals surface area contributed by atoms with Gasteiger partial charge in [0.05, 0.1) is 13.2 Å². The lowest BCUT2D eigenvalue weighted by atomic mass is 9.91. The predicted octanol–water partition coefficient (Wildman–Crippen LogP) is 5.99. The van der Waals surface area contributed by atoms with Gasteiger partial charge in [0.1, 0.15) is 18.1 Å². The van der Waals surface area contributed by atoms with Crippen molar-refractivity contribution in [2.75, 3.05) is 39.5 Å². The summed E-state index contributed by atoms with van der Waals surface area (Å²) < 4.78 is 12.3. The van der Waals surface area contributed by atoms with Gasteiger partial charge in [0.25, 0.3) is 0 Å². The van der Waals surface area contributed by atoms with Crippen LogP contribution in [0.5, 0.6) is 11.5 Å². The van der Waals surface area contributed by atoms with E-state index in [-0.39, 0.29) is 11.5 Å². The molecule has 0 atom stereocenters. The molecule has 1 aliphatic carbocycles. The number of benzene rings is 2. The number of ether oxygens (including phenoxy) is 2. The van der Waals surface area contributed by atoms with E-state index in [1.165, 1.54) is 30.6 Å². The number of fused-ring (bicyclic) bond motifs is 1. The summed E-state index contributed by atoms with van der Waals surface area (Å²) in [6.07, 6.45) is 7.25. The van der Waals surface area contributed by atoms with Crippen LogP contribution < -0.4 is 4.74 Å². The normalized spacial score (nSPS) is 18.1. The van der Waals surface area contributed by atoms with E-state index in [1.54, 1.807) is 23.5 Å². The van der Waals surface area contributed by atoms with Crippen molar-refractivity contribution in [1.82, 2.24) is 4.90 Å². The summed E-state index contributed by atoms with van der Waals surface area (Å²) in [5.74, 6) is 1.52. The van der Waals surface area contributed by atoms with Crippen molar-refractivity contribution in [2.24, 2.45) is 0 Å². The van der Waals surface area contributed by atoms with Crippen LogP contribution in [0.2, 0.25) is 0 Å². The van der Waals surface area contributed by atoms with Gasteiger partial charge in [0.15, 0.2) is 5.78 Å². The number of aromatic hydroxyl groups is 1. The van der Waals surface area contributed by atoms with Gasteiger partial charge in [0.2, 0.25) is 0 Å². The molecule has 5 rings (SSSR count). The van der Waals surface area contributed by atoms with E-state index in [0.29, 0.717) is 18.1 Å². The van der Waals surface area contributed by atoms with Crippen LogP contribution in [0.3, 0.4) is 0 Å². The predicted molar refractivity (Wildman–Crippen MR) is 137 cm³/mol. The third-order valence-corrected chi connectivity index (χ3v) is 8.37. The van der Waals surface area contributed by atoms with E-state index in [2.05, 4.69) is 4.90 Å². The zero-order chi connectivity index (χ0) is 23.3. The Balaban J connectivity index is 1.35. The maximum atomic E-state index is 13.8. The Bertz CT molecular complexity index is 1110. The zero-order valence-corrected chi connectivity index (χ0v) is 20.4. The molecule has 34 heavy (non-hydrogen) atoms. The minimum absolute atomic E-state index is 0.0658. The molecule has 1 N–H and O–H groups in total. The van der Waals surface area contributed by atoms with E-state index in [1.807, 2.05) is 30.3 Å². The molecule has 1 saturated carbocycles. The highest BCUT2D eigenvalue weighted by Crippen LogP contribution is 2.43. The molecule has 0 spiro atoms. The number of phenols is 1. The Morgan fingerprint density at radius 3 is 2.50 bits per heavy atom. The van der Waals surface area contributed by atoms with Crippen molar-refractivity contribution in [3.63, 3.8) is 0 Å². The Labute approximate surface area is 205 Å². The van der Waals surface area contributed by atoms with Gasteiger partial charge in [-0.05, 0) is 61.2 Å². The fourth-order valence-corrected chi connectivity index (χ4v) is 6.54. The number of morpholine rings is 1. The van der Waals surface area contributed by atoms with Crippen molar-refractivity contribution < 1.29 is 19.4 Å². The fourth-order valence-electron chi connectivity index (χ4n) is 5.13. The molecule has 180 valence electrons. The van der Waals surface area contributed by atoms with Gasteiger partial charge in [0, 0.05) is 45.7 Å². The smallest absolute Gasteiger partial charge is 0.194 e. The van der Waals surface area contributed by atoms with Crippen molar-refractivity contribution >= 4 is 27.2 Å². The molecule has 1 aromatic heterocycles. The molecule has 2 fully saturated rings. The number of nitrogens with zero attached hydrogens (tertiary/aromatic N) is 1. The number of ketones is 1. The second-order valence-electron chi connectivity index (χ2n) is 9.37. The minimum Gasteiger partial charge on any atom is -0.508 e. The van der Waals surface area contributed by atoms with Crippen LogP contribution in [-0.4, -0.2) is 55.2 Å². The van der Waals surface area contributed by atoms with Gasteiger partial charge in [-0.1, -0.05) is 25.7 Å². The highest BCUT2D eigenvalue weighted by atomic mass is 32.1. The number of carbonyl (C=O) groups is 1. The van der Waals surface area contributed by atoms with Gasteiger partial charge in [-0.25, -0.2) is 0 Å². The van der Waals surface area contributed by atoms with Gasteiger partial charge >= 0.3 is 0 Å². The third kappa shape index (κ3) is 5.29. The molecule has 3 aromatic rings. The largest absolute Gasteiger partial charge is 0.508 e. The molecule has 2 aliphatic rings. The summed E-state index contributed by atoms with van der Waals surface area (Å²) in [4.78, 5) is 17.3. The average molecular weight is 480 g/mol. The van der Waals surface area contributed by atoms with Crippen molar-refractivity contribution in [3.05, 3.63) is 58.5 Å². The van der Waals surface area contributed by atoms with Crippen molar-refractivity contribution in [3.8, 4) is 11.5 Å². The Kier molecular flexibility index (Phi) is 7.48. The molecule has 6 heteroatoms. The number of hydrogen-bond acceptors (Lipinski definition) is 6. The molecule has 0 radical (unpaired) electrons. The molecule has 5 nitrogen and oxygen atoms in total. The maximum absolute atomic E-state index is 13.8. The first kappa shape index (κ1) is 23.3. The molecular formula is C28H33NO4S. The number of hydrogen-bond donors (Lipinski definition) is 1. The summed E-state index contributed by atoms with van der Waals surface area (Å²) in [5, 5.41) is 11.0. The standard InChI is InChI=1S/C28H33NO4S/c30-22-9-12-24-25(19-22)34-28(21-5-3-1-2-4-6-21)26(24)27(31)20-7-10-23(11-8-20)33-18-15-29-13-16-32-17-14-29/h7-12,19,21,30H,1-6,13-18H2. The summed E-state index contributed by atoms with van der Waals surface area (Å²) in [6, 6.07) is 12.9. The van der Waals surface area contributed by atoms with Crippen LogP contribution in [0.15, 0.2) is 42.5 Å². The second kappa shape index (κ2) is 10.9. The molecule has 0 unspecified atom stereocenters. The average Bonchev–Trinajstić information content (AvgIpc) is 3.03. The molecule has 2 aromatic carbocycles. The highest BCUT2D eigenvalue weighted by molar-refractivity contribution is 7.19. The number of phenolic OH excluding ortho intramolecular Hbond substituents is 1. The molecule has 0 amide bonds. The second-order valence-corrected chi connectivity index (χ2v) is 10.5. The summed E-state index contributed by atoms with van der Waals surface area (Å²) in [7, 11) is 0. The van der Waals surface area contributed by atoms with Gasteiger partial charge in [-0.2, -0.15) is 0 Å². The maximum Gasteiger partial charge on any atom is 0.194 e. The van der Waals surface area contributed by atoms with E-state index in [9.17, 15) is 9.90 Å². The van der Waals surface area contributed by atoms with Gasteiger partial charge < -0.3 is 14.6 Å². The van der Waals surface area contributed by atoms with Crippen LogP contribution in [0, 0.1) is 0 Å². The Hall–Kier alpha value is -2.41. The molecule has 1 saturated heterocycles. The summed E-state index contributed by atoms with van der Waals surface area (Å²) >= 11 is 1.69. The number of carbonyl (C=O) groups excluding carboxylic acids is 1. The first-order valence-corrected chi connectivity index (χ1v) is 13.3. The van der Waals surface area contributed by atoms with Crippen LogP contribution >= 0.6 is 11.3 Å². The lowest BCUT2D eigenvalue weighted by Gasteiger charge is -2.26. The monoisotopic (exact) mass is 479 g/mol. The number of rotatable bonds is 7. The summed E-state index contributed by atoms with van der Waals surface area (Å²) in [6.45, 7) is 4.98. The van der Waals surface area contributed by atoms with E-state index < -0.39 is 0 Å². The molecular weight excluding hydrogens is 446 g/mol.